The zero-order chi connectivity index (χ0) is 21.1. The standard InChI is InChI=1S/C21H20F3NO5/c22-21(23,24)30-16-4-1-3-14(9-16)12-27-17-5-2-8-25(11-17)20(26)15-6-7-18-19(10-15)29-13-28-18/h1,3-4,6-7,9-10,17H,2,5,8,11-13H2. The van der Waals surface area contributed by atoms with E-state index in [9.17, 15) is 18.0 Å². The number of amides is 1. The summed E-state index contributed by atoms with van der Waals surface area (Å²) in [6, 6.07) is 10.8. The van der Waals surface area contributed by atoms with E-state index < -0.39 is 6.36 Å². The van der Waals surface area contributed by atoms with Gasteiger partial charge in [0.25, 0.3) is 5.91 Å². The van der Waals surface area contributed by atoms with Gasteiger partial charge in [0.05, 0.1) is 12.7 Å². The van der Waals surface area contributed by atoms with Crippen LogP contribution in [0.4, 0.5) is 13.2 Å². The van der Waals surface area contributed by atoms with Crippen molar-refractivity contribution in [1.82, 2.24) is 4.90 Å². The normalized spacial score (nSPS) is 18.4. The third kappa shape index (κ3) is 4.96. The summed E-state index contributed by atoms with van der Waals surface area (Å²) in [5.41, 5.74) is 1.08. The highest BCUT2D eigenvalue weighted by Gasteiger charge is 2.31. The van der Waals surface area contributed by atoms with Gasteiger partial charge in [-0.1, -0.05) is 12.1 Å². The number of alkyl halides is 3. The fourth-order valence-corrected chi connectivity index (χ4v) is 3.52. The lowest BCUT2D eigenvalue weighted by Gasteiger charge is -2.32. The van der Waals surface area contributed by atoms with Gasteiger partial charge in [-0.3, -0.25) is 4.79 Å². The van der Waals surface area contributed by atoms with Crippen LogP contribution in [0.15, 0.2) is 42.5 Å². The van der Waals surface area contributed by atoms with Crippen LogP contribution in [-0.2, 0) is 11.3 Å². The van der Waals surface area contributed by atoms with Gasteiger partial charge < -0.3 is 23.8 Å². The van der Waals surface area contributed by atoms with Crippen molar-refractivity contribution in [2.45, 2.75) is 31.9 Å². The van der Waals surface area contributed by atoms with Crippen molar-refractivity contribution in [3.63, 3.8) is 0 Å². The van der Waals surface area contributed by atoms with E-state index in [0.29, 0.717) is 35.7 Å². The average molecular weight is 423 g/mol. The summed E-state index contributed by atoms with van der Waals surface area (Å²) in [6.45, 7) is 1.29. The Labute approximate surface area is 171 Å². The van der Waals surface area contributed by atoms with Gasteiger partial charge in [0.1, 0.15) is 5.75 Å². The molecule has 0 aromatic heterocycles. The summed E-state index contributed by atoms with van der Waals surface area (Å²) in [6.07, 6.45) is -3.40. The van der Waals surface area contributed by atoms with Crippen molar-refractivity contribution in [3.05, 3.63) is 53.6 Å². The Bertz CT molecular complexity index is 918. The van der Waals surface area contributed by atoms with E-state index >= 15 is 0 Å². The minimum absolute atomic E-state index is 0.123. The topological polar surface area (TPSA) is 57.2 Å². The van der Waals surface area contributed by atoms with Gasteiger partial charge >= 0.3 is 6.36 Å². The van der Waals surface area contributed by atoms with E-state index in [1.165, 1.54) is 18.2 Å². The van der Waals surface area contributed by atoms with Crippen LogP contribution < -0.4 is 14.2 Å². The Morgan fingerprint density at radius 2 is 1.97 bits per heavy atom. The van der Waals surface area contributed by atoms with Gasteiger partial charge in [-0.05, 0) is 48.7 Å². The van der Waals surface area contributed by atoms with Crippen LogP contribution in [0.25, 0.3) is 0 Å². The van der Waals surface area contributed by atoms with Crippen molar-refractivity contribution < 1.29 is 36.9 Å². The molecule has 1 fully saturated rings. The van der Waals surface area contributed by atoms with Crippen LogP contribution in [0.1, 0.15) is 28.8 Å². The van der Waals surface area contributed by atoms with E-state index in [-0.39, 0.29) is 31.2 Å². The third-order valence-corrected chi connectivity index (χ3v) is 4.90. The van der Waals surface area contributed by atoms with Crippen molar-refractivity contribution in [1.29, 1.82) is 0 Å². The quantitative estimate of drug-likeness (QED) is 0.724. The van der Waals surface area contributed by atoms with Gasteiger partial charge in [0, 0.05) is 18.7 Å². The Kier molecular flexibility index (Phi) is 5.72. The van der Waals surface area contributed by atoms with Crippen molar-refractivity contribution in [2.75, 3.05) is 19.9 Å². The van der Waals surface area contributed by atoms with Gasteiger partial charge in [-0.25, -0.2) is 0 Å². The molecule has 0 spiro atoms. The number of hydrogen-bond acceptors (Lipinski definition) is 5. The third-order valence-electron chi connectivity index (χ3n) is 4.90. The van der Waals surface area contributed by atoms with Crippen molar-refractivity contribution >= 4 is 5.91 Å². The molecule has 30 heavy (non-hydrogen) atoms. The monoisotopic (exact) mass is 423 g/mol. The minimum Gasteiger partial charge on any atom is -0.454 e. The maximum absolute atomic E-state index is 12.8. The predicted octanol–water partition coefficient (Wildman–Crippen LogP) is 4.14. The Morgan fingerprint density at radius 3 is 2.80 bits per heavy atom. The Hall–Kier alpha value is -2.94. The molecule has 0 radical (unpaired) electrons. The Balaban J connectivity index is 1.34. The SMILES string of the molecule is O=C(c1ccc2c(c1)OCO2)N1CCCC(OCc2cccc(OC(F)(F)F)c2)C1. The number of fused-ring (bicyclic) bond motifs is 1. The Morgan fingerprint density at radius 1 is 1.13 bits per heavy atom. The molecule has 1 atom stereocenters. The minimum atomic E-state index is -4.74. The second kappa shape index (κ2) is 8.43. The molecule has 1 unspecified atom stereocenters. The highest BCUT2D eigenvalue weighted by atomic mass is 19.4. The lowest BCUT2D eigenvalue weighted by molar-refractivity contribution is -0.274. The number of ether oxygens (including phenoxy) is 4. The first-order valence-corrected chi connectivity index (χ1v) is 9.52. The molecular weight excluding hydrogens is 403 g/mol. The van der Waals surface area contributed by atoms with Crippen molar-refractivity contribution in [2.24, 2.45) is 0 Å². The smallest absolute Gasteiger partial charge is 0.454 e. The molecule has 2 aliphatic rings. The summed E-state index contributed by atoms with van der Waals surface area (Å²) in [5.74, 6) is 0.754. The summed E-state index contributed by atoms with van der Waals surface area (Å²) in [5, 5.41) is 0. The molecule has 2 aromatic carbocycles. The fraction of sp³-hybridized carbons (Fsp3) is 0.381. The molecule has 0 bridgehead atoms. The number of hydrogen-bond donors (Lipinski definition) is 0. The number of rotatable bonds is 5. The number of benzene rings is 2. The van der Waals surface area contributed by atoms with Crippen LogP contribution in [0.5, 0.6) is 17.2 Å². The van der Waals surface area contributed by atoms with Gasteiger partial charge in [-0.2, -0.15) is 0 Å². The van der Waals surface area contributed by atoms with Gasteiger partial charge in [0.2, 0.25) is 6.79 Å². The molecule has 160 valence electrons. The van der Waals surface area contributed by atoms with E-state index in [1.807, 2.05) is 0 Å². The van der Waals surface area contributed by atoms with E-state index in [1.54, 1.807) is 29.2 Å². The maximum Gasteiger partial charge on any atom is 0.573 e. The fourth-order valence-electron chi connectivity index (χ4n) is 3.52. The van der Waals surface area contributed by atoms with Gasteiger partial charge in [0.15, 0.2) is 11.5 Å². The molecule has 2 aromatic rings. The van der Waals surface area contributed by atoms with Crippen LogP contribution in [0.2, 0.25) is 0 Å². The molecule has 9 heteroatoms. The number of nitrogens with zero attached hydrogens (tertiary/aromatic N) is 1. The predicted molar refractivity (Wildman–Crippen MR) is 99.4 cm³/mol. The zero-order valence-corrected chi connectivity index (χ0v) is 16.0. The first-order valence-electron chi connectivity index (χ1n) is 9.52. The molecule has 0 saturated carbocycles. The molecule has 0 aliphatic carbocycles. The lowest BCUT2D eigenvalue weighted by atomic mass is 10.1. The number of carbonyl (C=O) groups is 1. The number of halogens is 3. The zero-order valence-electron chi connectivity index (χ0n) is 16.0. The highest BCUT2D eigenvalue weighted by molar-refractivity contribution is 5.95. The lowest BCUT2D eigenvalue weighted by Crippen LogP contribution is -2.43. The van der Waals surface area contributed by atoms with Gasteiger partial charge in [-0.15, -0.1) is 13.2 Å². The second-order valence-electron chi connectivity index (χ2n) is 7.09. The highest BCUT2D eigenvalue weighted by Crippen LogP contribution is 2.33. The summed E-state index contributed by atoms with van der Waals surface area (Å²) in [4.78, 5) is 14.6. The van der Waals surface area contributed by atoms with E-state index in [4.69, 9.17) is 14.2 Å². The van der Waals surface area contributed by atoms with Crippen LogP contribution in [0.3, 0.4) is 0 Å². The molecule has 1 saturated heterocycles. The van der Waals surface area contributed by atoms with Crippen LogP contribution >= 0.6 is 0 Å². The van der Waals surface area contributed by atoms with Crippen LogP contribution in [0, 0.1) is 0 Å². The average Bonchev–Trinajstić information content (AvgIpc) is 3.19. The molecule has 1 amide bonds. The molecule has 2 heterocycles. The number of likely N-dealkylation sites (tertiary alicyclic amines) is 1. The van der Waals surface area contributed by atoms with Crippen molar-refractivity contribution in [3.8, 4) is 17.2 Å². The summed E-state index contributed by atoms with van der Waals surface area (Å²) >= 11 is 0. The molecule has 0 N–H and O–H groups in total. The molecule has 6 nitrogen and oxygen atoms in total. The molecule has 2 aliphatic heterocycles. The second-order valence-corrected chi connectivity index (χ2v) is 7.09. The first kappa shape index (κ1) is 20.3. The van der Waals surface area contributed by atoms with E-state index in [2.05, 4.69) is 4.74 Å². The summed E-state index contributed by atoms with van der Waals surface area (Å²) in [7, 11) is 0. The maximum atomic E-state index is 12.8. The van der Waals surface area contributed by atoms with Crippen LogP contribution in [-0.4, -0.2) is 43.2 Å². The first-order chi connectivity index (χ1) is 14.4. The number of carbonyl (C=O) groups excluding carboxylic acids is 1. The molecular formula is C21H20F3NO5. The number of piperidine rings is 1. The summed E-state index contributed by atoms with van der Waals surface area (Å²) < 4.78 is 57.5. The molecule has 4 rings (SSSR count). The largest absolute Gasteiger partial charge is 0.573 e. The van der Waals surface area contributed by atoms with E-state index in [0.717, 1.165) is 12.8 Å².